The number of pyridine rings is 1. The Morgan fingerprint density at radius 1 is 0.415 bits per heavy atom. The molecule has 414 valence electrons. The van der Waals surface area contributed by atoms with Crippen LogP contribution in [0.1, 0.15) is 154 Å². The fraction of sp³-hybridized carbons (Fsp3) is 0.273. The Labute approximate surface area is 488 Å². The van der Waals surface area contributed by atoms with Crippen LogP contribution in [-0.2, 0) is 32.5 Å². The SMILES string of the molecule is CC(C)(C)c1cc(-c2ccccc2)cc(-[n+]2[c-]n(-c3cc(Oc4cc(C(C)(C)C)c5c6ccccc6n(-c6cc(C(C)(C)C)ccn6)c5c4)cc(C(C)(C)c4ccccc4)c3)c(C(C)(C)c3ccccc3)c2C(C)(C)c2ccccc2)c1. The Balaban J connectivity index is 1.23. The fourth-order valence-electron chi connectivity index (χ4n) is 12.2. The predicted molar refractivity (Wildman–Crippen MR) is 342 cm³/mol. The number of benzene rings is 8. The molecule has 0 fully saturated rings. The van der Waals surface area contributed by atoms with Gasteiger partial charge in [0, 0.05) is 39.3 Å². The number of hydrogen-bond acceptors (Lipinski definition) is 2. The van der Waals surface area contributed by atoms with Gasteiger partial charge in [-0.05, 0) is 121 Å². The number of rotatable bonds is 12. The fourth-order valence-corrected chi connectivity index (χ4v) is 12.2. The molecule has 0 radical (unpaired) electrons. The number of para-hydroxylation sites is 1. The van der Waals surface area contributed by atoms with E-state index in [0.29, 0.717) is 0 Å². The minimum atomic E-state index is -0.557. The number of imidazole rings is 1. The predicted octanol–water partition coefficient (Wildman–Crippen LogP) is 19.4. The van der Waals surface area contributed by atoms with Crippen molar-refractivity contribution in [3.63, 3.8) is 0 Å². The molecule has 0 aliphatic heterocycles. The molecule has 0 aliphatic rings. The maximum absolute atomic E-state index is 7.54. The van der Waals surface area contributed by atoms with Gasteiger partial charge in [-0.2, -0.15) is 0 Å². The number of fused-ring (bicyclic) bond motifs is 3. The van der Waals surface area contributed by atoms with Gasteiger partial charge in [0.25, 0.3) is 6.33 Å². The maximum Gasteiger partial charge on any atom is 0.269 e. The van der Waals surface area contributed by atoms with Crippen molar-refractivity contribution >= 4 is 21.8 Å². The highest BCUT2D eigenvalue weighted by atomic mass is 16.5. The highest BCUT2D eigenvalue weighted by Gasteiger charge is 2.41. The van der Waals surface area contributed by atoms with E-state index in [-0.39, 0.29) is 16.2 Å². The molecule has 82 heavy (non-hydrogen) atoms. The summed E-state index contributed by atoms with van der Waals surface area (Å²) in [6.45, 7) is 34.8. The zero-order valence-electron chi connectivity index (χ0n) is 50.9. The monoisotopic (exact) mass is 1080 g/mol. The molecular formula is C77H80N4O. The Morgan fingerprint density at radius 3 is 1.56 bits per heavy atom. The van der Waals surface area contributed by atoms with E-state index >= 15 is 0 Å². The molecule has 11 rings (SSSR count). The molecule has 0 saturated heterocycles. The quantitative estimate of drug-likeness (QED) is 0.0903. The van der Waals surface area contributed by atoms with E-state index in [4.69, 9.17) is 9.72 Å². The van der Waals surface area contributed by atoms with Crippen LogP contribution in [0.15, 0.2) is 212 Å². The summed E-state index contributed by atoms with van der Waals surface area (Å²) in [6.07, 6.45) is 6.13. The lowest BCUT2D eigenvalue weighted by atomic mass is 9.73. The molecule has 0 aliphatic carbocycles. The third-order valence-electron chi connectivity index (χ3n) is 17.2. The molecule has 0 unspecified atom stereocenters. The van der Waals surface area contributed by atoms with Crippen LogP contribution in [0.4, 0.5) is 0 Å². The van der Waals surface area contributed by atoms with Gasteiger partial charge in [0.15, 0.2) is 0 Å². The van der Waals surface area contributed by atoms with Crippen LogP contribution in [0.5, 0.6) is 11.5 Å². The van der Waals surface area contributed by atoms with E-state index in [1.54, 1.807) is 0 Å². The first-order valence-electron chi connectivity index (χ1n) is 29.2. The van der Waals surface area contributed by atoms with E-state index < -0.39 is 16.2 Å². The summed E-state index contributed by atoms with van der Waals surface area (Å²) in [4.78, 5) is 5.08. The highest BCUT2D eigenvalue weighted by molar-refractivity contribution is 6.11. The topological polar surface area (TPSA) is 35.9 Å². The molecule has 0 spiro atoms. The van der Waals surface area contributed by atoms with Crippen LogP contribution >= 0.6 is 0 Å². The van der Waals surface area contributed by atoms with Crippen molar-refractivity contribution in [3.8, 4) is 39.8 Å². The molecule has 8 aromatic carbocycles. The standard InChI is InChI=1S/C77H80N4O/c1-72(2,3)57-40-41-78-68(47-57)81-66-39-29-28-38-64(66)69-65(74(7,8)9)49-63(50-67(69)81)82-62-46-59(75(10,11)54-32-22-17-23-33-54)45-61(48-62)80-51-79(60-43-53(52-30-20-16-21-31-52)42-58(44-60)73(4,5)6)70(76(12,13)55-34-24-18-25-35-55)71(80)77(14,15)56-36-26-19-27-37-56/h16-50H,1-15H3. The molecule has 11 aromatic rings. The third-order valence-corrected chi connectivity index (χ3v) is 17.2. The van der Waals surface area contributed by atoms with E-state index in [2.05, 4.69) is 330 Å². The number of aromatic nitrogens is 4. The molecule has 3 heterocycles. The van der Waals surface area contributed by atoms with Gasteiger partial charge in [0.1, 0.15) is 17.3 Å². The summed E-state index contributed by atoms with van der Waals surface area (Å²) < 4.78 is 14.6. The lowest BCUT2D eigenvalue weighted by Gasteiger charge is -2.35. The van der Waals surface area contributed by atoms with Gasteiger partial charge in [0.2, 0.25) is 0 Å². The molecule has 0 saturated carbocycles. The summed E-state index contributed by atoms with van der Waals surface area (Å²) in [5, 5.41) is 2.39. The normalized spacial score (nSPS) is 12.8. The van der Waals surface area contributed by atoms with Crippen LogP contribution in [0.25, 0.3) is 50.1 Å². The van der Waals surface area contributed by atoms with Crippen molar-refractivity contribution in [1.82, 2.24) is 14.1 Å². The lowest BCUT2D eigenvalue weighted by molar-refractivity contribution is -0.611. The van der Waals surface area contributed by atoms with Crippen molar-refractivity contribution in [2.45, 2.75) is 136 Å². The van der Waals surface area contributed by atoms with Gasteiger partial charge >= 0.3 is 0 Å². The second-order valence-corrected chi connectivity index (χ2v) is 27.3. The molecule has 0 atom stereocenters. The molecule has 3 aromatic heterocycles. The van der Waals surface area contributed by atoms with Gasteiger partial charge in [-0.1, -0.05) is 249 Å². The highest BCUT2D eigenvalue weighted by Crippen LogP contribution is 2.46. The van der Waals surface area contributed by atoms with Crippen LogP contribution in [0.3, 0.4) is 0 Å². The second-order valence-electron chi connectivity index (χ2n) is 27.3. The van der Waals surface area contributed by atoms with Gasteiger partial charge in [0.05, 0.1) is 33.8 Å². The van der Waals surface area contributed by atoms with Crippen LogP contribution in [-0.4, -0.2) is 14.1 Å². The zero-order valence-corrected chi connectivity index (χ0v) is 50.9. The maximum atomic E-state index is 7.54. The molecule has 5 nitrogen and oxygen atoms in total. The smallest absolute Gasteiger partial charge is 0.269 e. The number of hydrogen-bond donors (Lipinski definition) is 0. The van der Waals surface area contributed by atoms with E-state index in [1.165, 1.54) is 49.7 Å². The van der Waals surface area contributed by atoms with Crippen molar-refractivity contribution in [3.05, 3.63) is 269 Å². The average Bonchev–Trinajstić information content (AvgIpc) is 2.15. The number of nitrogens with zero attached hydrogens (tertiary/aromatic N) is 4. The lowest BCUT2D eigenvalue weighted by Crippen LogP contribution is -2.43. The molecule has 0 amide bonds. The Bertz CT molecular complexity index is 4120. The first-order chi connectivity index (χ1) is 38.8. The van der Waals surface area contributed by atoms with Crippen molar-refractivity contribution in [2.24, 2.45) is 0 Å². The number of ether oxygens (including phenoxy) is 1. The first kappa shape index (κ1) is 55.6. The molecule has 0 bridgehead atoms. The van der Waals surface area contributed by atoms with Gasteiger partial charge in [-0.15, -0.1) is 0 Å². The summed E-state index contributed by atoms with van der Waals surface area (Å²) >= 11 is 0. The van der Waals surface area contributed by atoms with E-state index in [9.17, 15) is 0 Å². The molecule has 0 N–H and O–H groups in total. The Morgan fingerprint density at radius 2 is 0.963 bits per heavy atom. The van der Waals surface area contributed by atoms with E-state index in [0.717, 1.165) is 62.2 Å². The zero-order chi connectivity index (χ0) is 58.1. The van der Waals surface area contributed by atoms with Crippen molar-refractivity contribution in [2.75, 3.05) is 0 Å². The van der Waals surface area contributed by atoms with Crippen LogP contribution in [0.2, 0.25) is 0 Å². The summed E-state index contributed by atoms with van der Waals surface area (Å²) in [7, 11) is 0. The van der Waals surface area contributed by atoms with Crippen LogP contribution < -0.4 is 9.30 Å². The van der Waals surface area contributed by atoms with Gasteiger partial charge in [-0.25, -0.2) is 4.98 Å². The van der Waals surface area contributed by atoms with Gasteiger partial charge < -0.3 is 4.74 Å². The summed E-state index contributed by atoms with van der Waals surface area (Å²) in [5.41, 5.74) is 15.2. The largest absolute Gasteiger partial charge is 0.458 e. The second kappa shape index (κ2) is 20.6. The van der Waals surface area contributed by atoms with Crippen LogP contribution in [0, 0.1) is 6.33 Å². The minimum absolute atomic E-state index is 0.0657. The van der Waals surface area contributed by atoms with Crippen molar-refractivity contribution < 1.29 is 9.30 Å². The summed E-state index contributed by atoms with van der Waals surface area (Å²) in [5.74, 6) is 2.37. The average molecular weight is 1080 g/mol. The first-order valence-corrected chi connectivity index (χ1v) is 29.2. The van der Waals surface area contributed by atoms with Crippen molar-refractivity contribution in [1.29, 1.82) is 0 Å². The van der Waals surface area contributed by atoms with E-state index in [1.807, 2.05) is 6.20 Å². The Kier molecular flexibility index (Phi) is 14.0. The van der Waals surface area contributed by atoms with Gasteiger partial charge in [-0.3, -0.25) is 13.7 Å². The Hall–Kier alpha value is -8.28. The molecule has 5 heteroatoms. The molecular weight excluding hydrogens is 997 g/mol. The minimum Gasteiger partial charge on any atom is -0.458 e. The summed E-state index contributed by atoms with van der Waals surface area (Å²) in [6, 6.07) is 75.3. The third kappa shape index (κ3) is 10.3.